The molecule has 3 aliphatic heterocycles. The van der Waals surface area contributed by atoms with E-state index in [4.69, 9.17) is 0 Å². The third-order valence-electron chi connectivity index (χ3n) is 6.23. The first-order chi connectivity index (χ1) is 12.7. The molecule has 2 aromatic carbocycles. The van der Waals surface area contributed by atoms with Gasteiger partial charge in [0.05, 0.1) is 11.6 Å². The van der Waals surface area contributed by atoms with Gasteiger partial charge in [0.25, 0.3) is 0 Å². The molecule has 0 spiro atoms. The number of fused-ring (bicyclic) bond motifs is 2. The zero-order chi connectivity index (χ0) is 17.7. The van der Waals surface area contributed by atoms with Crippen molar-refractivity contribution in [1.82, 2.24) is 10.2 Å². The van der Waals surface area contributed by atoms with E-state index >= 15 is 0 Å². The van der Waals surface area contributed by atoms with Gasteiger partial charge in [-0.2, -0.15) is 0 Å². The van der Waals surface area contributed by atoms with Gasteiger partial charge in [-0.25, -0.2) is 0 Å². The van der Waals surface area contributed by atoms with Gasteiger partial charge in [0.1, 0.15) is 0 Å². The molecule has 0 aliphatic carbocycles. The van der Waals surface area contributed by atoms with E-state index in [1.54, 1.807) is 0 Å². The topological polar surface area (TPSA) is 52.7 Å². The van der Waals surface area contributed by atoms with Crippen LogP contribution in [0.4, 0.5) is 5.69 Å². The minimum atomic E-state index is -0.215. The summed E-state index contributed by atoms with van der Waals surface area (Å²) in [5.74, 6) is 1.18. The number of rotatable bonds is 2. The average molecular weight is 349 g/mol. The Balaban J connectivity index is 1.37. The van der Waals surface area contributed by atoms with E-state index in [0.29, 0.717) is 24.8 Å². The molecule has 5 heteroatoms. The number of likely N-dealkylation sites (tertiary alicyclic amines) is 1. The highest BCUT2D eigenvalue weighted by atomic mass is 16.2. The van der Waals surface area contributed by atoms with Gasteiger partial charge in [-0.1, -0.05) is 36.4 Å². The Hall–Kier alpha value is -2.40. The van der Waals surface area contributed by atoms with Gasteiger partial charge in [-0.05, 0) is 23.3 Å². The largest absolute Gasteiger partial charge is 0.342 e. The van der Waals surface area contributed by atoms with Crippen molar-refractivity contribution in [2.45, 2.75) is 6.42 Å². The maximum absolute atomic E-state index is 13.0. The zero-order valence-electron chi connectivity index (χ0n) is 14.7. The standard InChI is InChI=1S/C21H23N3O2/c25-20-8-15(21(26)23-11-16-9-22-10-17(16)12-23)13-24(20)19-7-3-5-14-4-1-2-6-18(14)19/h1-7,15-17,22H,8-13H2/t15?,16-,17+. The van der Waals surface area contributed by atoms with Crippen molar-refractivity contribution in [1.29, 1.82) is 0 Å². The molecule has 0 radical (unpaired) electrons. The van der Waals surface area contributed by atoms with Crippen LogP contribution >= 0.6 is 0 Å². The first-order valence-corrected chi connectivity index (χ1v) is 9.48. The van der Waals surface area contributed by atoms with Crippen LogP contribution < -0.4 is 10.2 Å². The first-order valence-electron chi connectivity index (χ1n) is 9.48. The molecular formula is C21H23N3O2. The molecule has 2 amide bonds. The molecule has 1 N–H and O–H groups in total. The fourth-order valence-corrected chi connectivity index (χ4v) is 4.84. The van der Waals surface area contributed by atoms with Crippen LogP contribution in [0.3, 0.4) is 0 Å². The number of carbonyl (C=O) groups is 2. The number of hydrogen-bond acceptors (Lipinski definition) is 3. The van der Waals surface area contributed by atoms with Crippen LogP contribution in [0.1, 0.15) is 6.42 Å². The van der Waals surface area contributed by atoms with Crippen molar-refractivity contribution in [2.75, 3.05) is 37.6 Å². The molecule has 26 heavy (non-hydrogen) atoms. The highest BCUT2D eigenvalue weighted by molar-refractivity contribution is 6.07. The Labute approximate surface area is 153 Å². The van der Waals surface area contributed by atoms with E-state index in [9.17, 15) is 9.59 Å². The van der Waals surface area contributed by atoms with Gasteiger partial charge < -0.3 is 15.1 Å². The lowest BCUT2D eigenvalue weighted by atomic mass is 10.0. The Bertz CT molecular complexity index is 863. The van der Waals surface area contributed by atoms with E-state index in [-0.39, 0.29) is 17.7 Å². The highest BCUT2D eigenvalue weighted by Gasteiger charge is 2.43. The third kappa shape index (κ3) is 2.50. The van der Waals surface area contributed by atoms with Gasteiger partial charge in [-0.15, -0.1) is 0 Å². The summed E-state index contributed by atoms with van der Waals surface area (Å²) >= 11 is 0. The second-order valence-electron chi connectivity index (χ2n) is 7.83. The second-order valence-corrected chi connectivity index (χ2v) is 7.83. The van der Waals surface area contributed by atoms with Crippen LogP contribution in [0.15, 0.2) is 42.5 Å². The maximum atomic E-state index is 13.0. The summed E-state index contributed by atoms with van der Waals surface area (Å²) in [6.07, 6.45) is 0.326. The van der Waals surface area contributed by atoms with E-state index in [0.717, 1.165) is 42.6 Å². The number of nitrogens with one attached hydrogen (secondary N) is 1. The molecule has 3 fully saturated rings. The number of carbonyl (C=O) groups excluding carboxylic acids is 2. The number of benzene rings is 2. The molecule has 0 aromatic heterocycles. The van der Waals surface area contributed by atoms with E-state index in [2.05, 4.69) is 17.4 Å². The fraction of sp³-hybridized carbons (Fsp3) is 0.429. The summed E-state index contributed by atoms with van der Waals surface area (Å²) in [5.41, 5.74) is 0.922. The Morgan fingerprint density at radius 3 is 2.50 bits per heavy atom. The molecule has 3 atom stereocenters. The van der Waals surface area contributed by atoms with Gasteiger partial charge in [-0.3, -0.25) is 9.59 Å². The molecule has 5 nitrogen and oxygen atoms in total. The summed E-state index contributed by atoms with van der Waals surface area (Å²) in [6, 6.07) is 14.1. The van der Waals surface area contributed by atoms with Gasteiger partial charge in [0.15, 0.2) is 0 Å². The molecule has 3 aliphatic rings. The monoisotopic (exact) mass is 349 g/mol. The van der Waals surface area contributed by atoms with Crippen LogP contribution in [-0.2, 0) is 9.59 Å². The lowest BCUT2D eigenvalue weighted by molar-refractivity contribution is -0.135. The predicted octanol–water partition coefficient (Wildman–Crippen LogP) is 1.87. The minimum Gasteiger partial charge on any atom is -0.342 e. The number of anilines is 1. The average Bonchev–Trinajstić information content (AvgIpc) is 3.35. The van der Waals surface area contributed by atoms with Crippen molar-refractivity contribution >= 4 is 28.3 Å². The summed E-state index contributed by atoms with van der Waals surface area (Å²) in [4.78, 5) is 29.5. The SMILES string of the molecule is O=C(C1CC(=O)N(c2cccc3ccccc23)C1)N1C[C@H]2CNC[C@H]2C1. The number of nitrogens with zero attached hydrogens (tertiary/aromatic N) is 2. The van der Waals surface area contributed by atoms with Crippen molar-refractivity contribution in [3.63, 3.8) is 0 Å². The molecular weight excluding hydrogens is 326 g/mol. The summed E-state index contributed by atoms with van der Waals surface area (Å²) in [5, 5.41) is 5.59. The predicted molar refractivity (Wildman–Crippen MR) is 101 cm³/mol. The zero-order valence-corrected chi connectivity index (χ0v) is 14.7. The van der Waals surface area contributed by atoms with Gasteiger partial charge >= 0.3 is 0 Å². The summed E-state index contributed by atoms with van der Waals surface area (Å²) < 4.78 is 0. The molecule has 0 saturated carbocycles. The van der Waals surface area contributed by atoms with Crippen molar-refractivity contribution in [3.8, 4) is 0 Å². The molecule has 0 bridgehead atoms. The number of hydrogen-bond donors (Lipinski definition) is 1. The molecule has 1 unspecified atom stereocenters. The molecule has 3 saturated heterocycles. The first kappa shape index (κ1) is 15.8. The minimum absolute atomic E-state index is 0.0563. The van der Waals surface area contributed by atoms with E-state index in [1.807, 2.05) is 40.1 Å². The molecule has 5 rings (SSSR count). The van der Waals surface area contributed by atoms with Crippen molar-refractivity contribution in [3.05, 3.63) is 42.5 Å². The van der Waals surface area contributed by atoms with Crippen LogP contribution in [0.5, 0.6) is 0 Å². The Morgan fingerprint density at radius 1 is 0.962 bits per heavy atom. The third-order valence-corrected chi connectivity index (χ3v) is 6.23. The highest BCUT2D eigenvalue weighted by Crippen LogP contribution is 2.34. The Morgan fingerprint density at radius 2 is 1.69 bits per heavy atom. The van der Waals surface area contributed by atoms with E-state index in [1.165, 1.54) is 0 Å². The summed E-state index contributed by atoms with van der Waals surface area (Å²) in [7, 11) is 0. The Kier molecular flexibility index (Phi) is 3.71. The maximum Gasteiger partial charge on any atom is 0.228 e. The van der Waals surface area contributed by atoms with Crippen LogP contribution in [0.25, 0.3) is 10.8 Å². The van der Waals surface area contributed by atoms with Gasteiger partial charge in [0, 0.05) is 44.5 Å². The normalized spacial score (nSPS) is 28.2. The lowest BCUT2D eigenvalue weighted by Gasteiger charge is -2.22. The van der Waals surface area contributed by atoms with Gasteiger partial charge in [0.2, 0.25) is 11.8 Å². The second kappa shape index (κ2) is 6.09. The fourth-order valence-electron chi connectivity index (χ4n) is 4.84. The lowest BCUT2D eigenvalue weighted by Crippen LogP contribution is -2.37. The van der Waals surface area contributed by atoms with Crippen molar-refractivity contribution in [2.24, 2.45) is 17.8 Å². The molecule has 2 aromatic rings. The van der Waals surface area contributed by atoms with Crippen LogP contribution in [-0.4, -0.2) is 49.4 Å². The molecule has 134 valence electrons. The van der Waals surface area contributed by atoms with Crippen molar-refractivity contribution < 1.29 is 9.59 Å². The van der Waals surface area contributed by atoms with E-state index < -0.39 is 0 Å². The molecule has 3 heterocycles. The van der Waals surface area contributed by atoms with Crippen LogP contribution in [0.2, 0.25) is 0 Å². The van der Waals surface area contributed by atoms with Crippen LogP contribution in [0, 0.1) is 17.8 Å². The summed E-state index contributed by atoms with van der Waals surface area (Å²) in [6.45, 7) is 4.21. The quantitative estimate of drug-likeness (QED) is 0.901. The smallest absolute Gasteiger partial charge is 0.228 e. The number of amides is 2.